The molecule has 1 N–H and O–H groups in total. The van der Waals surface area contributed by atoms with Gasteiger partial charge < -0.3 is 10.2 Å². The van der Waals surface area contributed by atoms with Gasteiger partial charge in [-0.25, -0.2) is 0 Å². The molecule has 3 unspecified atom stereocenters. The van der Waals surface area contributed by atoms with Crippen molar-refractivity contribution >= 4 is 5.91 Å². The van der Waals surface area contributed by atoms with Gasteiger partial charge in [-0.1, -0.05) is 20.8 Å². The van der Waals surface area contributed by atoms with E-state index in [1.165, 1.54) is 6.42 Å². The summed E-state index contributed by atoms with van der Waals surface area (Å²) < 4.78 is 0. The van der Waals surface area contributed by atoms with Crippen LogP contribution in [0.3, 0.4) is 0 Å². The van der Waals surface area contributed by atoms with E-state index in [0.717, 1.165) is 26.2 Å². The average Bonchev–Trinajstić information content (AvgIpc) is 2.12. The molecule has 0 aromatic rings. The molecule has 2 saturated heterocycles. The fourth-order valence-corrected chi connectivity index (χ4v) is 3.00. The minimum Gasteiger partial charge on any atom is -0.342 e. The Labute approximate surface area is 98.6 Å². The van der Waals surface area contributed by atoms with E-state index in [1.807, 2.05) is 0 Å². The number of amides is 1. The zero-order valence-corrected chi connectivity index (χ0v) is 10.7. The third-order valence-electron chi connectivity index (χ3n) is 4.09. The quantitative estimate of drug-likeness (QED) is 0.768. The van der Waals surface area contributed by atoms with Gasteiger partial charge in [0.2, 0.25) is 5.91 Å². The van der Waals surface area contributed by atoms with Crippen molar-refractivity contribution in [3.05, 3.63) is 0 Å². The second kappa shape index (κ2) is 4.74. The van der Waals surface area contributed by atoms with Gasteiger partial charge >= 0.3 is 0 Å². The molecule has 0 aliphatic carbocycles. The summed E-state index contributed by atoms with van der Waals surface area (Å²) in [5.41, 5.74) is 0. The first-order valence-corrected chi connectivity index (χ1v) is 6.57. The molecule has 2 fully saturated rings. The lowest BCUT2D eigenvalue weighted by Crippen LogP contribution is -2.52. The van der Waals surface area contributed by atoms with Crippen molar-refractivity contribution in [3.8, 4) is 0 Å². The van der Waals surface area contributed by atoms with E-state index < -0.39 is 0 Å². The van der Waals surface area contributed by atoms with Crippen LogP contribution in [0, 0.1) is 23.7 Å². The molecule has 1 amide bonds. The van der Waals surface area contributed by atoms with E-state index >= 15 is 0 Å². The van der Waals surface area contributed by atoms with Gasteiger partial charge in [-0.15, -0.1) is 0 Å². The first-order chi connectivity index (χ1) is 7.58. The van der Waals surface area contributed by atoms with E-state index in [4.69, 9.17) is 0 Å². The topological polar surface area (TPSA) is 32.3 Å². The molecular weight excluding hydrogens is 200 g/mol. The van der Waals surface area contributed by atoms with Crippen LogP contribution in [0.1, 0.15) is 27.2 Å². The Hall–Kier alpha value is -0.570. The van der Waals surface area contributed by atoms with Crippen molar-refractivity contribution in [2.24, 2.45) is 23.7 Å². The number of likely N-dealkylation sites (tertiary alicyclic amines) is 1. The number of nitrogens with zero attached hydrogens (tertiary/aromatic N) is 1. The molecule has 3 atom stereocenters. The first-order valence-electron chi connectivity index (χ1n) is 6.57. The summed E-state index contributed by atoms with van der Waals surface area (Å²) in [5.74, 6) is 2.49. The van der Waals surface area contributed by atoms with Gasteiger partial charge in [-0.05, 0) is 37.3 Å². The molecule has 0 spiro atoms. The molecule has 16 heavy (non-hydrogen) atoms. The van der Waals surface area contributed by atoms with Gasteiger partial charge in [0.25, 0.3) is 0 Å². The summed E-state index contributed by atoms with van der Waals surface area (Å²) in [6.07, 6.45) is 1.27. The fourth-order valence-electron chi connectivity index (χ4n) is 3.00. The Morgan fingerprint density at radius 2 is 1.81 bits per heavy atom. The smallest absolute Gasteiger partial charge is 0.225 e. The molecule has 0 radical (unpaired) electrons. The molecule has 0 aromatic carbocycles. The normalized spacial score (nSPS) is 33.3. The summed E-state index contributed by atoms with van der Waals surface area (Å²) >= 11 is 0. The molecule has 0 saturated carbocycles. The second-order valence-corrected chi connectivity index (χ2v) is 5.90. The second-order valence-electron chi connectivity index (χ2n) is 5.90. The molecule has 3 nitrogen and oxygen atoms in total. The molecule has 2 heterocycles. The molecule has 2 rings (SSSR count). The Morgan fingerprint density at radius 1 is 1.25 bits per heavy atom. The largest absolute Gasteiger partial charge is 0.342 e. The fraction of sp³-hybridized carbons (Fsp3) is 0.923. The summed E-state index contributed by atoms with van der Waals surface area (Å²) in [4.78, 5) is 14.4. The van der Waals surface area contributed by atoms with E-state index in [1.54, 1.807) is 0 Å². The summed E-state index contributed by atoms with van der Waals surface area (Å²) in [5, 5.41) is 3.25. The van der Waals surface area contributed by atoms with Gasteiger partial charge in [-0.2, -0.15) is 0 Å². The predicted octanol–water partition coefficient (Wildman–Crippen LogP) is 1.35. The van der Waals surface area contributed by atoms with Gasteiger partial charge in [0, 0.05) is 19.0 Å². The number of rotatable bonds is 2. The minimum absolute atomic E-state index is 0.207. The Balaban J connectivity index is 1.92. The number of hydrogen-bond donors (Lipinski definition) is 1. The first kappa shape index (κ1) is 11.9. The highest BCUT2D eigenvalue weighted by molar-refractivity contribution is 5.79. The maximum absolute atomic E-state index is 12.3. The standard InChI is InChI=1S/C13H24N2O/c1-9-4-10(2)8-15(7-9)13(16)11(3)12-5-14-6-12/h9-12,14H,4-8H2,1-3H3. The number of carbonyl (C=O) groups is 1. The third-order valence-corrected chi connectivity index (χ3v) is 4.09. The Bertz CT molecular complexity index is 253. The van der Waals surface area contributed by atoms with Crippen LogP contribution >= 0.6 is 0 Å². The van der Waals surface area contributed by atoms with Crippen LogP contribution in [0.4, 0.5) is 0 Å². The maximum atomic E-state index is 12.3. The number of piperidine rings is 1. The minimum atomic E-state index is 0.207. The van der Waals surface area contributed by atoms with Crippen molar-refractivity contribution < 1.29 is 4.79 Å². The highest BCUT2D eigenvalue weighted by atomic mass is 16.2. The zero-order chi connectivity index (χ0) is 11.7. The third kappa shape index (κ3) is 2.40. The van der Waals surface area contributed by atoms with E-state index in [0.29, 0.717) is 23.7 Å². The van der Waals surface area contributed by atoms with E-state index in [9.17, 15) is 4.79 Å². The summed E-state index contributed by atoms with van der Waals surface area (Å²) in [6, 6.07) is 0. The SMILES string of the molecule is CC1CC(C)CN(C(=O)C(C)C2CNC2)C1. The van der Waals surface area contributed by atoms with Crippen LogP contribution in [0.25, 0.3) is 0 Å². The molecule has 2 aliphatic rings. The van der Waals surface area contributed by atoms with Crippen LogP contribution in [-0.2, 0) is 4.79 Å². The zero-order valence-electron chi connectivity index (χ0n) is 10.7. The van der Waals surface area contributed by atoms with Crippen molar-refractivity contribution in [1.29, 1.82) is 0 Å². The van der Waals surface area contributed by atoms with E-state index in [2.05, 4.69) is 31.0 Å². The molecule has 0 aromatic heterocycles. The monoisotopic (exact) mass is 224 g/mol. The van der Waals surface area contributed by atoms with Gasteiger partial charge in [0.1, 0.15) is 0 Å². The number of carbonyl (C=O) groups excluding carboxylic acids is 1. The van der Waals surface area contributed by atoms with Gasteiger partial charge in [-0.3, -0.25) is 4.79 Å². The maximum Gasteiger partial charge on any atom is 0.225 e. The lowest BCUT2D eigenvalue weighted by Gasteiger charge is -2.39. The van der Waals surface area contributed by atoms with Gasteiger partial charge in [0.15, 0.2) is 0 Å². The predicted molar refractivity (Wildman–Crippen MR) is 65.0 cm³/mol. The van der Waals surface area contributed by atoms with Gasteiger partial charge in [0.05, 0.1) is 0 Å². The number of hydrogen-bond acceptors (Lipinski definition) is 2. The van der Waals surface area contributed by atoms with Crippen molar-refractivity contribution in [1.82, 2.24) is 10.2 Å². The van der Waals surface area contributed by atoms with Crippen LogP contribution in [0.15, 0.2) is 0 Å². The van der Waals surface area contributed by atoms with Crippen LogP contribution < -0.4 is 5.32 Å². The Morgan fingerprint density at radius 3 is 2.25 bits per heavy atom. The molecule has 2 aliphatic heterocycles. The highest BCUT2D eigenvalue weighted by Gasteiger charge is 2.34. The summed E-state index contributed by atoms with van der Waals surface area (Å²) in [7, 11) is 0. The molecule has 92 valence electrons. The lowest BCUT2D eigenvalue weighted by molar-refractivity contribution is -0.140. The van der Waals surface area contributed by atoms with Crippen LogP contribution in [-0.4, -0.2) is 37.0 Å². The van der Waals surface area contributed by atoms with Crippen LogP contribution in [0.5, 0.6) is 0 Å². The van der Waals surface area contributed by atoms with Crippen molar-refractivity contribution in [2.45, 2.75) is 27.2 Å². The number of nitrogens with one attached hydrogen (secondary N) is 1. The van der Waals surface area contributed by atoms with Crippen LogP contribution in [0.2, 0.25) is 0 Å². The average molecular weight is 224 g/mol. The lowest BCUT2D eigenvalue weighted by atomic mass is 9.85. The van der Waals surface area contributed by atoms with Crippen molar-refractivity contribution in [3.63, 3.8) is 0 Å². The summed E-state index contributed by atoms with van der Waals surface area (Å²) in [6.45, 7) is 10.6. The Kier molecular flexibility index (Phi) is 3.53. The van der Waals surface area contributed by atoms with Crippen molar-refractivity contribution in [2.75, 3.05) is 26.2 Å². The molecule has 3 heteroatoms. The molecular formula is C13H24N2O. The highest BCUT2D eigenvalue weighted by Crippen LogP contribution is 2.25. The van der Waals surface area contributed by atoms with E-state index in [-0.39, 0.29) is 5.92 Å². The molecule has 0 bridgehead atoms.